The molecule has 0 aromatic heterocycles. The monoisotopic (exact) mass is 313 g/mol. The molecule has 5 heteroatoms. The Kier molecular flexibility index (Phi) is 3.81. The Morgan fingerprint density at radius 2 is 1.83 bits per heavy atom. The average Bonchev–Trinajstić information content (AvgIpc) is 2.34. The third kappa shape index (κ3) is 2.98. The van der Waals surface area contributed by atoms with E-state index in [4.69, 9.17) is 10.5 Å². The number of nitrogen functional groups attached to an aromatic ring is 1. The number of nitrogens with two attached hydrogens (primary N) is 1. The van der Waals surface area contributed by atoms with Crippen LogP contribution < -0.4 is 10.5 Å². The molecule has 18 heavy (non-hydrogen) atoms. The van der Waals surface area contributed by atoms with Gasteiger partial charge in [0.2, 0.25) is 0 Å². The first-order valence-corrected chi connectivity index (χ1v) is 5.97. The fourth-order valence-electron chi connectivity index (χ4n) is 1.42. The topological polar surface area (TPSA) is 35.2 Å². The summed E-state index contributed by atoms with van der Waals surface area (Å²) in [5, 5.41) is 0. The van der Waals surface area contributed by atoms with Crippen LogP contribution in [0.1, 0.15) is 5.56 Å². The predicted molar refractivity (Wildman–Crippen MR) is 69.2 cm³/mol. The zero-order valence-electron chi connectivity index (χ0n) is 9.29. The van der Waals surface area contributed by atoms with Crippen LogP contribution in [0.25, 0.3) is 0 Å². The lowest BCUT2D eigenvalue weighted by atomic mass is 10.2. The Bertz CT molecular complexity index is 575. The number of hydrogen-bond donors (Lipinski definition) is 1. The van der Waals surface area contributed by atoms with Crippen LogP contribution in [0.3, 0.4) is 0 Å². The van der Waals surface area contributed by atoms with Gasteiger partial charge in [-0.3, -0.25) is 0 Å². The second-order valence-electron chi connectivity index (χ2n) is 3.73. The molecular formula is C13H10BrF2NO. The van der Waals surface area contributed by atoms with Crippen LogP contribution in [0.2, 0.25) is 0 Å². The molecule has 0 aliphatic carbocycles. The SMILES string of the molecule is Nc1ccc(Br)c(OCc2ccc(F)c(F)c2)c1. The first kappa shape index (κ1) is 12.8. The average molecular weight is 314 g/mol. The Labute approximate surface area is 112 Å². The fraction of sp³-hybridized carbons (Fsp3) is 0.0769. The molecular weight excluding hydrogens is 304 g/mol. The lowest BCUT2D eigenvalue weighted by molar-refractivity contribution is 0.303. The van der Waals surface area contributed by atoms with Crippen molar-refractivity contribution in [2.24, 2.45) is 0 Å². The largest absolute Gasteiger partial charge is 0.488 e. The third-order valence-electron chi connectivity index (χ3n) is 2.33. The summed E-state index contributed by atoms with van der Waals surface area (Å²) in [4.78, 5) is 0. The first-order valence-electron chi connectivity index (χ1n) is 5.18. The molecule has 0 amide bonds. The summed E-state index contributed by atoms with van der Waals surface area (Å²) in [6, 6.07) is 8.80. The van der Waals surface area contributed by atoms with Crippen LogP contribution >= 0.6 is 15.9 Å². The van der Waals surface area contributed by atoms with E-state index in [0.717, 1.165) is 16.6 Å². The van der Waals surface area contributed by atoms with Crippen molar-refractivity contribution >= 4 is 21.6 Å². The molecule has 0 unspecified atom stereocenters. The van der Waals surface area contributed by atoms with Gasteiger partial charge in [-0.1, -0.05) is 6.07 Å². The maximum atomic E-state index is 13.0. The van der Waals surface area contributed by atoms with E-state index in [1.54, 1.807) is 18.2 Å². The molecule has 0 aliphatic heterocycles. The Morgan fingerprint density at radius 1 is 1.06 bits per heavy atom. The van der Waals surface area contributed by atoms with E-state index in [2.05, 4.69) is 15.9 Å². The number of hydrogen-bond acceptors (Lipinski definition) is 2. The molecule has 0 fully saturated rings. The van der Waals surface area contributed by atoms with Crippen LogP contribution in [0, 0.1) is 11.6 Å². The van der Waals surface area contributed by atoms with Gasteiger partial charge in [-0.15, -0.1) is 0 Å². The number of rotatable bonds is 3. The van der Waals surface area contributed by atoms with Crippen molar-refractivity contribution in [3.05, 3.63) is 58.1 Å². The zero-order chi connectivity index (χ0) is 13.1. The Balaban J connectivity index is 2.11. The summed E-state index contributed by atoms with van der Waals surface area (Å²) in [6.07, 6.45) is 0. The van der Waals surface area contributed by atoms with Gasteiger partial charge in [0, 0.05) is 11.8 Å². The van der Waals surface area contributed by atoms with Crippen LogP contribution in [-0.2, 0) is 6.61 Å². The summed E-state index contributed by atoms with van der Waals surface area (Å²) < 4.78 is 32.0. The molecule has 0 bridgehead atoms. The van der Waals surface area contributed by atoms with Gasteiger partial charge in [0.1, 0.15) is 12.4 Å². The second-order valence-corrected chi connectivity index (χ2v) is 4.58. The van der Waals surface area contributed by atoms with Crippen molar-refractivity contribution in [1.82, 2.24) is 0 Å². The predicted octanol–water partition coefficient (Wildman–Crippen LogP) is 3.89. The molecule has 0 heterocycles. The van der Waals surface area contributed by atoms with Crippen molar-refractivity contribution in [3.8, 4) is 5.75 Å². The van der Waals surface area contributed by atoms with Gasteiger partial charge in [0.25, 0.3) is 0 Å². The summed E-state index contributed by atoms with van der Waals surface area (Å²) in [5.41, 5.74) is 6.74. The Morgan fingerprint density at radius 3 is 2.56 bits per heavy atom. The molecule has 0 spiro atoms. The number of anilines is 1. The van der Waals surface area contributed by atoms with Gasteiger partial charge in [-0.25, -0.2) is 8.78 Å². The minimum absolute atomic E-state index is 0.138. The van der Waals surface area contributed by atoms with Crippen LogP contribution in [-0.4, -0.2) is 0 Å². The lowest BCUT2D eigenvalue weighted by Crippen LogP contribution is -1.98. The molecule has 94 valence electrons. The molecule has 2 N–H and O–H groups in total. The molecule has 0 atom stereocenters. The highest BCUT2D eigenvalue weighted by atomic mass is 79.9. The zero-order valence-corrected chi connectivity index (χ0v) is 10.9. The first-order chi connectivity index (χ1) is 8.56. The van der Waals surface area contributed by atoms with Crippen LogP contribution in [0.5, 0.6) is 5.75 Å². The van der Waals surface area contributed by atoms with Crippen LogP contribution in [0.4, 0.5) is 14.5 Å². The standard InChI is InChI=1S/C13H10BrF2NO/c14-10-3-2-9(17)6-13(10)18-7-8-1-4-11(15)12(16)5-8/h1-6H,7,17H2. The molecule has 0 aliphatic rings. The lowest BCUT2D eigenvalue weighted by Gasteiger charge is -2.09. The molecule has 2 nitrogen and oxygen atoms in total. The minimum atomic E-state index is -0.886. The molecule has 0 saturated heterocycles. The normalized spacial score (nSPS) is 10.4. The molecule has 0 radical (unpaired) electrons. The van der Waals surface area contributed by atoms with E-state index in [1.807, 2.05) is 0 Å². The highest BCUT2D eigenvalue weighted by Crippen LogP contribution is 2.27. The third-order valence-corrected chi connectivity index (χ3v) is 2.99. The van der Waals surface area contributed by atoms with Crippen LogP contribution in [0.15, 0.2) is 40.9 Å². The molecule has 2 rings (SSSR count). The number of halogens is 3. The van der Waals surface area contributed by atoms with Gasteiger partial charge in [0.15, 0.2) is 11.6 Å². The summed E-state index contributed by atoms with van der Waals surface area (Å²) >= 11 is 3.32. The van der Waals surface area contributed by atoms with E-state index in [9.17, 15) is 8.78 Å². The van der Waals surface area contributed by atoms with E-state index in [1.165, 1.54) is 6.07 Å². The van der Waals surface area contributed by atoms with E-state index in [0.29, 0.717) is 17.0 Å². The molecule has 2 aromatic carbocycles. The van der Waals surface area contributed by atoms with Crippen molar-refractivity contribution < 1.29 is 13.5 Å². The van der Waals surface area contributed by atoms with Crippen molar-refractivity contribution in [2.45, 2.75) is 6.61 Å². The van der Waals surface area contributed by atoms with Crippen molar-refractivity contribution in [2.75, 3.05) is 5.73 Å². The van der Waals surface area contributed by atoms with Gasteiger partial charge in [0.05, 0.1) is 4.47 Å². The number of benzene rings is 2. The van der Waals surface area contributed by atoms with E-state index < -0.39 is 11.6 Å². The van der Waals surface area contributed by atoms with Gasteiger partial charge in [-0.05, 0) is 45.8 Å². The maximum absolute atomic E-state index is 13.0. The summed E-state index contributed by atoms with van der Waals surface area (Å²) in [5.74, 6) is -1.20. The van der Waals surface area contributed by atoms with E-state index >= 15 is 0 Å². The minimum Gasteiger partial charge on any atom is -0.488 e. The quantitative estimate of drug-likeness (QED) is 0.873. The van der Waals surface area contributed by atoms with Gasteiger partial charge in [-0.2, -0.15) is 0 Å². The fourth-order valence-corrected chi connectivity index (χ4v) is 1.78. The second kappa shape index (κ2) is 5.35. The maximum Gasteiger partial charge on any atom is 0.159 e. The van der Waals surface area contributed by atoms with Gasteiger partial charge < -0.3 is 10.5 Å². The highest BCUT2D eigenvalue weighted by Gasteiger charge is 2.05. The number of ether oxygens (including phenoxy) is 1. The molecule has 0 saturated carbocycles. The van der Waals surface area contributed by atoms with Crippen molar-refractivity contribution in [3.63, 3.8) is 0 Å². The summed E-state index contributed by atoms with van der Waals surface area (Å²) in [6.45, 7) is 0.138. The van der Waals surface area contributed by atoms with E-state index in [-0.39, 0.29) is 6.61 Å². The Hall–Kier alpha value is -1.62. The van der Waals surface area contributed by atoms with Crippen molar-refractivity contribution in [1.29, 1.82) is 0 Å². The van der Waals surface area contributed by atoms with Gasteiger partial charge >= 0.3 is 0 Å². The smallest absolute Gasteiger partial charge is 0.159 e. The summed E-state index contributed by atoms with van der Waals surface area (Å²) in [7, 11) is 0. The molecule has 2 aromatic rings. The highest BCUT2D eigenvalue weighted by molar-refractivity contribution is 9.10.